The first-order valence-electron chi connectivity index (χ1n) is 6.06. The van der Waals surface area contributed by atoms with Gasteiger partial charge in [-0.1, -0.05) is 0 Å². The van der Waals surface area contributed by atoms with Crippen LogP contribution >= 0.6 is 0 Å². The molecule has 0 spiro atoms. The van der Waals surface area contributed by atoms with Gasteiger partial charge in [-0.05, 0) is 0 Å². The summed E-state index contributed by atoms with van der Waals surface area (Å²) in [5.41, 5.74) is -2.05. The molecular formula is C12H11F3N2O5. The number of carboxylic acid groups (broad SMARTS) is 1. The van der Waals surface area contributed by atoms with E-state index in [1.807, 2.05) is 0 Å². The first-order valence-corrected chi connectivity index (χ1v) is 6.06. The molecule has 1 aliphatic rings. The van der Waals surface area contributed by atoms with Gasteiger partial charge in [-0.25, -0.2) is 4.79 Å². The largest absolute Gasteiger partial charge is 0.491 e. The van der Waals surface area contributed by atoms with Crippen molar-refractivity contribution in [1.29, 1.82) is 0 Å². The zero-order valence-electron chi connectivity index (χ0n) is 11.3. The van der Waals surface area contributed by atoms with Crippen LogP contribution in [0.4, 0.5) is 13.2 Å². The number of hydrogen-bond acceptors (Lipinski definition) is 4. The number of hydrogen-bond donors (Lipinski definition) is 1. The number of alkyl halides is 3. The van der Waals surface area contributed by atoms with Crippen molar-refractivity contribution in [2.75, 3.05) is 20.2 Å². The lowest BCUT2D eigenvalue weighted by Gasteiger charge is -2.31. The first-order chi connectivity index (χ1) is 10.2. The number of amides is 1. The Labute approximate surface area is 121 Å². The highest BCUT2D eigenvalue weighted by molar-refractivity contribution is 5.97. The molecule has 1 aromatic heterocycles. The van der Waals surface area contributed by atoms with Crippen LogP contribution in [0.15, 0.2) is 11.0 Å². The number of aromatic carboxylic acids is 1. The Morgan fingerprint density at radius 1 is 1.36 bits per heavy atom. The third-order valence-corrected chi connectivity index (χ3v) is 3.14. The molecule has 1 aromatic rings. The minimum atomic E-state index is -4.58. The molecule has 0 bridgehead atoms. The van der Waals surface area contributed by atoms with Gasteiger partial charge in [0, 0.05) is 19.3 Å². The summed E-state index contributed by atoms with van der Waals surface area (Å²) in [5.74, 6) is -3.12. The van der Waals surface area contributed by atoms with Crippen LogP contribution in [0.2, 0.25) is 0 Å². The van der Waals surface area contributed by atoms with Crippen LogP contribution in [-0.2, 0) is 6.54 Å². The number of carbonyl (C=O) groups excluding carboxylic acids is 1. The number of halogens is 3. The van der Waals surface area contributed by atoms with Crippen LogP contribution in [-0.4, -0.2) is 52.8 Å². The highest BCUT2D eigenvalue weighted by atomic mass is 19.4. The predicted molar refractivity (Wildman–Crippen MR) is 66.2 cm³/mol. The van der Waals surface area contributed by atoms with Crippen LogP contribution in [0.3, 0.4) is 0 Å². The van der Waals surface area contributed by atoms with Gasteiger partial charge >= 0.3 is 12.1 Å². The number of aromatic nitrogens is 1. The molecule has 7 nitrogen and oxygen atoms in total. The summed E-state index contributed by atoms with van der Waals surface area (Å²) in [6.07, 6.45) is -3.64. The van der Waals surface area contributed by atoms with Gasteiger partial charge in [0.25, 0.3) is 5.91 Å². The number of carboxylic acids is 1. The van der Waals surface area contributed by atoms with Crippen molar-refractivity contribution in [3.8, 4) is 5.75 Å². The number of ether oxygens (including phenoxy) is 1. The topological polar surface area (TPSA) is 88.8 Å². The number of rotatable bonds is 3. The Bertz CT molecular complexity index is 695. The Morgan fingerprint density at radius 2 is 2.00 bits per heavy atom. The van der Waals surface area contributed by atoms with Crippen molar-refractivity contribution in [3.63, 3.8) is 0 Å². The molecule has 0 saturated carbocycles. The number of methoxy groups -OCH3 is 1. The molecule has 0 radical (unpaired) electrons. The van der Waals surface area contributed by atoms with Gasteiger partial charge in [-0.2, -0.15) is 13.2 Å². The smallest absolute Gasteiger partial charge is 0.406 e. The summed E-state index contributed by atoms with van der Waals surface area (Å²) in [5, 5.41) is 8.94. The lowest BCUT2D eigenvalue weighted by molar-refractivity contribution is -0.141. The van der Waals surface area contributed by atoms with E-state index in [4.69, 9.17) is 9.84 Å². The molecule has 2 heterocycles. The Balaban J connectivity index is 2.55. The summed E-state index contributed by atoms with van der Waals surface area (Å²) < 4.78 is 43.2. The third kappa shape index (κ3) is 2.76. The van der Waals surface area contributed by atoms with Crippen LogP contribution in [0.1, 0.15) is 20.8 Å². The van der Waals surface area contributed by atoms with E-state index >= 15 is 0 Å². The fraction of sp³-hybridized carbons (Fsp3) is 0.417. The molecule has 0 aromatic carbocycles. The molecule has 1 N–H and O–H groups in total. The van der Waals surface area contributed by atoms with Gasteiger partial charge in [0.1, 0.15) is 12.1 Å². The second-order valence-electron chi connectivity index (χ2n) is 4.59. The van der Waals surface area contributed by atoms with Crippen molar-refractivity contribution >= 4 is 11.9 Å². The highest BCUT2D eigenvalue weighted by Gasteiger charge is 2.38. The molecule has 0 saturated heterocycles. The third-order valence-electron chi connectivity index (χ3n) is 3.14. The van der Waals surface area contributed by atoms with E-state index in [-0.39, 0.29) is 18.8 Å². The maximum absolute atomic E-state index is 12.4. The minimum Gasteiger partial charge on any atom is -0.491 e. The molecule has 22 heavy (non-hydrogen) atoms. The normalized spacial score (nSPS) is 14.7. The van der Waals surface area contributed by atoms with Gasteiger partial charge in [0.2, 0.25) is 5.43 Å². The van der Waals surface area contributed by atoms with Crippen LogP contribution in [0.25, 0.3) is 0 Å². The van der Waals surface area contributed by atoms with E-state index < -0.39 is 41.3 Å². The standard InChI is InChI=1S/C12H11F3N2O5/c1-22-9-7-10(19)17(5-12(13,14)15)3-2-16(7)4-6(8(9)18)11(20)21/h4H,2-3,5H2,1H3,(H,20,21). The average Bonchev–Trinajstić information content (AvgIpc) is 2.40. The molecule has 120 valence electrons. The number of fused-ring (bicyclic) bond motifs is 1. The van der Waals surface area contributed by atoms with E-state index in [0.29, 0.717) is 4.90 Å². The average molecular weight is 320 g/mol. The van der Waals surface area contributed by atoms with Crippen LogP contribution < -0.4 is 10.2 Å². The van der Waals surface area contributed by atoms with Crippen LogP contribution in [0.5, 0.6) is 5.75 Å². The predicted octanol–water partition coefficient (Wildman–Crippen LogP) is 0.573. The van der Waals surface area contributed by atoms with Gasteiger partial charge in [-0.3, -0.25) is 9.59 Å². The SMILES string of the molecule is COc1c2n(cc(C(=O)O)c1=O)CCN(CC(F)(F)F)C2=O. The quantitative estimate of drug-likeness (QED) is 0.880. The maximum Gasteiger partial charge on any atom is 0.406 e. The molecule has 1 amide bonds. The van der Waals surface area contributed by atoms with E-state index in [1.54, 1.807) is 0 Å². The zero-order valence-corrected chi connectivity index (χ0v) is 11.3. The minimum absolute atomic E-state index is 0.0753. The van der Waals surface area contributed by atoms with Gasteiger partial charge in [-0.15, -0.1) is 0 Å². The fourth-order valence-corrected chi connectivity index (χ4v) is 2.22. The highest BCUT2D eigenvalue weighted by Crippen LogP contribution is 2.24. The van der Waals surface area contributed by atoms with Crippen molar-refractivity contribution < 1.29 is 32.6 Å². The van der Waals surface area contributed by atoms with Crippen LogP contribution in [0, 0.1) is 0 Å². The molecule has 10 heteroatoms. The monoisotopic (exact) mass is 320 g/mol. The van der Waals surface area contributed by atoms with E-state index in [2.05, 4.69) is 0 Å². The summed E-state index contributed by atoms with van der Waals surface area (Å²) >= 11 is 0. The number of pyridine rings is 1. The molecule has 0 fully saturated rings. The second-order valence-corrected chi connectivity index (χ2v) is 4.59. The summed E-state index contributed by atoms with van der Waals surface area (Å²) in [6, 6.07) is 0. The second kappa shape index (κ2) is 5.35. The van der Waals surface area contributed by atoms with E-state index in [0.717, 1.165) is 17.9 Å². The van der Waals surface area contributed by atoms with Gasteiger partial charge in [0.05, 0.1) is 7.11 Å². The lowest BCUT2D eigenvalue weighted by Crippen LogP contribution is -2.46. The Hall–Kier alpha value is -2.52. The van der Waals surface area contributed by atoms with Gasteiger partial charge < -0.3 is 19.3 Å². The van der Waals surface area contributed by atoms with E-state index in [1.165, 1.54) is 0 Å². The fourth-order valence-electron chi connectivity index (χ4n) is 2.22. The van der Waals surface area contributed by atoms with Crippen molar-refractivity contribution in [2.24, 2.45) is 0 Å². The molecule has 0 unspecified atom stereocenters. The lowest BCUT2D eigenvalue weighted by atomic mass is 10.1. The number of carbonyl (C=O) groups is 2. The molecule has 2 rings (SSSR count). The summed E-state index contributed by atoms with van der Waals surface area (Å²) in [4.78, 5) is 35.6. The molecule has 0 atom stereocenters. The number of nitrogens with zero attached hydrogens (tertiary/aromatic N) is 2. The molecule has 1 aliphatic heterocycles. The molecular weight excluding hydrogens is 309 g/mol. The van der Waals surface area contributed by atoms with Crippen molar-refractivity contribution in [3.05, 3.63) is 27.7 Å². The van der Waals surface area contributed by atoms with Gasteiger partial charge in [0.15, 0.2) is 11.4 Å². The first kappa shape index (κ1) is 15.9. The zero-order chi connectivity index (χ0) is 16.7. The summed E-state index contributed by atoms with van der Waals surface area (Å²) in [7, 11) is 1.04. The van der Waals surface area contributed by atoms with Crippen molar-refractivity contribution in [2.45, 2.75) is 12.7 Å². The molecule has 0 aliphatic carbocycles. The van der Waals surface area contributed by atoms with E-state index in [9.17, 15) is 27.6 Å². The Morgan fingerprint density at radius 3 is 2.50 bits per heavy atom. The van der Waals surface area contributed by atoms with Crippen molar-refractivity contribution in [1.82, 2.24) is 9.47 Å². The Kier molecular flexibility index (Phi) is 3.86. The summed E-state index contributed by atoms with van der Waals surface area (Å²) in [6.45, 7) is -1.78. The maximum atomic E-state index is 12.4.